The maximum Gasteiger partial charge on any atom is 0.273 e. The zero-order valence-corrected chi connectivity index (χ0v) is 16.0. The molecule has 0 bridgehead atoms. The molecule has 1 fully saturated rings. The second-order valence-corrected chi connectivity index (χ2v) is 7.35. The van der Waals surface area contributed by atoms with E-state index in [0.29, 0.717) is 5.92 Å². The number of rotatable bonds is 6. The van der Waals surface area contributed by atoms with Gasteiger partial charge in [-0.1, -0.05) is 54.8 Å². The number of aromatic nitrogens is 3. The smallest absolute Gasteiger partial charge is 0.273 e. The average Bonchev–Trinajstić information content (AvgIpc) is 3.16. The molecular weight excluding hydrogens is 342 g/mol. The number of carbonyl (C=O) groups is 2. The molecule has 0 saturated heterocycles. The molecule has 1 aliphatic rings. The van der Waals surface area contributed by atoms with Crippen molar-refractivity contribution in [3.63, 3.8) is 0 Å². The van der Waals surface area contributed by atoms with Gasteiger partial charge >= 0.3 is 0 Å². The van der Waals surface area contributed by atoms with Crippen LogP contribution >= 0.6 is 0 Å². The highest BCUT2D eigenvalue weighted by Crippen LogP contribution is 2.34. The van der Waals surface area contributed by atoms with Gasteiger partial charge in [-0.3, -0.25) is 9.59 Å². The van der Waals surface area contributed by atoms with Crippen LogP contribution in [0.25, 0.3) is 0 Å². The lowest BCUT2D eigenvalue weighted by Crippen LogP contribution is -2.34. The Balaban J connectivity index is 1.72. The summed E-state index contributed by atoms with van der Waals surface area (Å²) in [4.78, 5) is 26.1. The highest BCUT2D eigenvalue weighted by Gasteiger charge is 2.27. The van der Waals surface area contributed by atoms with Crippen LogP contribution in [0.15, 0.2) is 36.5 Å². The van der Waals surface area contributed by atoms with Crippen LogP contribution in [0.3, 0.4) is 0 Å². The van der Waals surface area contributed by atoms with Crippen molar-refractivity contribution in [2.45, 2.75) is 44.7 Å². The van der Waals surface area contributed by atoms with Crippen molar-refractivity contribution in [3.8, 4) is 0 Å². The van der Waals surface area contributed by atoms with Gasteiger partial charge in [-0.25, -0.2) is 4.68 Å². The average molecular weight is 369 g/mol. The third kappa shape index (κ3) is 4.93. The van der Waals surface area contributed by atoms with Gasteiger partial charge in [0.1, 0.15) is 6.54 Å². The normalized spacial score (nSPS) is 15.9. The Morgan fingerprint density at radius 2 is 1.89 bits per heavy atom. The number of nitrogens with zero attached hydrogens (tertiary/aromatic N) is 4. The van der Waals surface area contributed by atoms with E-state index >= 15 is 0 Å². The summed E-state index contributed by atoms with van der Waals surface area (Å²) in [6.07, 6.45) is 7.42. The van der Waals surface area contributed by atoms with Crippen LogP contribution in [-0.4, -0.2) is 45.8 Å². The van der Waals surface area contributed by atoms with E-state index in [-0.39, 0.29) is 30.1 Å². The van der Waals surface area contributed by atoms with Crippen molar-refractivity contribution in [3.05, 3.63) is 47.8 Å². The second kappa shape index (κ2) is 8.79. The molecule has 1 saturated carbocycles. The minimum absolute atomic E-state index is 0.0347. The predicted molar refractivity (Wildman–Crippen MR) is 102 cm³/mol. The first-order valence-electron chi connectivity index (χ1n) is 9.50. The fraction of sp³-hybridized carbons (Fsp3) is 0.500. The molecule has 7 nitrogen and oxygen atoms in total. The molecule has 1 heterocycles. The molecule has 0 aliphatic heterocycles. The van der Waals surface area contributed by atoms with Gasteiger partial charge in [-0.2, -0.15) is 0 Å². The predicted octanol–water partition coefficient (Wildman–Crippen LogP) is 2.42. The lowest BCUT2D eigenvalue weighted by molar-refractivity contribution is -0.129. The number of benzene rings is 1. The maximum atomic E-state index is 12.8. The van der Waals surface area contributed by atoms with Crippen molar-refractivity contribution >= 4 is 11.8 Å². The van der Waals surface area contributed by atoms with Gasteiger partial charge in [0, 0.05) is 14.1 Å². The summed E-state index contributed by atoms with van der Waals surface area (Å²) >= 11 is 0. The van der Waals surface area contributed by atoms with E-state index in [2.05, 4.69) is 27.8 Å². The lowest BCUT2D eigenvalue weighted by Gasteiger charge is -2.31. The summed E-state index contributed by atoms with van der Waals surface area (Å²) in [6.45, 7) is 0.0675. The van der Waals surface area contributed by atoms with Gasteiger partial charge in [-0.05, 0) is 24.3 Å². The standard InChI is InChI=1S/C20H27N5O2/c1-24(2)18(26)14-25-13-17(22-23-25)20(27)21-19(15-9-5-3-6-10-15)16-11-7-4-8-12-16/h3,5-6,9-10,13,16,19H,4,7-8,11-12,14H2,1-2H3,(H,21,27)/t19-/m0/s1. The molecule has 0 radical (unpaired) electrons. The SMILES string of the molecule is CN(C)C(=O)Cn1cc(C(=O)N[C@@H](c2ccccc2)C2CCCCC2)nn1. The van der Waals surface area contributed by atoms with Crippen molar-refractivity contribution in [2.75, 3.05) is 14.1 Å². The molecule has 0 spiro atoms. The molecule has 1 N–H and O–H groups in total. The number of hydrogen-bond acceptors (Lipinski definition) is 4. The molecule has 2 amide bonds. The number of hydrogen-bond donors (Lipinski definition) is 1. The first kappa shape index (κ1) is 19.1. The molecule has 7 heteroatoms. The lowest BCUT2D eigenvalue weighted by atomic mass is 9.81. The summed E-state index contributed by atoms with van der Waals surface area (Å²) < 4.78 is 1.40. The molecule has 3 rings (SSSR count). The molecule has 1 atom stereocenters. The fourth-order valence-corrected chi connectivity index (χ4v) is 3.58. The zero-order valence-electron chi connectivity index (χ0n) is 16.0. The number of likely N-dealkylation sites (N-methyl/N-ethyl adjacent to an activating group) is 1. The molecule has 1 aromatic heterocycles. The van der Waals surface area contributed by atoms with Crippen molar-refractivity contribution in [1.82, 2.24) is 25.2 Å². The first-order chi connectivity index (χ1) is 13.0. The second-order valence-electron chi connectivity index (χ2n) is 7.35. The summed E-state index contributed by atoms with van der Waals surface area (Å²) in [5.41, 5.74) is 1.35. The first-order valence-corrected chi connectivity index (χ1v) is 9.50. The molecule has 27 heavy (non-hydrogen) atoms. The molecule has 0 unspecified atom stereocenters. The van der Waals surface area contributed by atoms with Gasteiger partial charge in [0.15, 0.2) is 5.69 Å². The maximum absolute atomic E-state index is 12.8. The van der Waals surface area contributed by atoms with Crippen LogP contribution in [0, 0.1) is 5.92 Å². The van der Waals surface area contributed by atoms with Crippen LogP contribution in [-0.2, 0) is 11.3 Å². The number of amides is 2. The van der Waals surface area contributed by atoms with Crippen LogP contribution in [0.2, 0.25) is 0 Å². The molecule has 1 aromatic carbocycles. The Morgan fingerprint density at radius 1 is 1.19 bits per heavy atom. The van der Waals surface area contributed by atoms with Crippen LogP contribution in [0.4, 0.5) is 0 Å². The largest absolute Gasteiger partial charge is 0.347 e. The highest BCUT2D eigenvalue weighted by molar-refractivity contribution is 5.92. The third-order valence-electron chi connectivity index (χ3n) is 5.13. The van der Waals surface area contributed by atoms with E-state index in [1.807, 2.05) is 18.2 Å². The zero-order chi connectivity index (χ0) is 19.2. The Morgan fingerprint density at radius 3 is 2.56 bits per heavy atom. The van der Waals surface area contributed by atoms with Crippen molar-refractivity contribution in [2.24, 2.45) is 5.92 Å². The topological polar surface area (TPSA) is 80.1 Å². The minimum atomic E-state index is -0.252. The van der Waals surface area contributed by atoms with E-state index in [0.717, 1.165) is 18.4 Å². The minimum Gasteiger partial charge on any atom is -0.347 e. The summed E-state index contributed by atoms with van der Waals surface area (Å²) in [6, 6.07) is 10.1. The third-order valence-corrected chi connectivity index (χ3v) is 5.13. The van der Waals surface area contributed by atoms with E-state index in [4.69, 9.17) is 0 Å². The van der Waals surface area contributed by atoms with E-state index < -0.39 is 0 Å². The van der Waals surface area contributed by atoms with Gasteiger partial charge in [0.25, 0.3) is 5.91 Å². The van der Waals surface area contributed by atoms with E-state index in [1.54, 1.807) is 14.1 Å². The van der Waals surface area contributed by atoms with Gasteiger partial charge in [-0.15, -0.1) is 5.10 Å². The highest BCUT2D eigenvalue weighted by atomic mass is 16.2. The van der Waals surface area contributed by atoms with Gasteiger partial charge in [0.2, 0.25) is 5.91 Å². The van der Waals surface area contributed by atoms with Crippen molar-refractivity contribution < 1.29 is 9.59 Å². The monoisotopic (exact) mass is 369 g/mol. The molecular formula is C20H27N5O2. The van der Waals surface area contributed by atoms with E-state index in [9.17, 15) is 9.59 Å². The van der Waals surface area contributed by atoms with Crippen molar-refractivity contribution in [1.29, 1.82) is 0 Å². The molecule has 2 aromatic rings. The molecule has 1 aliphatic carbocycles. The van der Waals surface area contributed by atoms with Crippen LogP contribution < -0.4 is 5.32 Å². The Bertz CT molecular complexity index is 766. The Labute approximate surface area is 159 Å². The summed E-state index contributed by atoms with van der Waals surface area (Å²) in [5, 5.41) is 11.0. The summed E-state index contributed by atoms with van der Waals surface area (Å²) in [5.74, 6) is 0.0738. The van der Waals surface area contributed by atoms with E-state index in [1.165, 1.54) is 35.0 Å². The van der Waals surface area contributed by atoms with Gasteiger partial charge in [0.05, 0.1) is 12.2 Å². The number of carbonyl (C=O) groups excluding carboxylic acids is 2. The summed E-state index contributed by atoms with van der Waals surface area (Å²) in [7, 11) is 3.36. The van der Waals surface area contributed by atoms with Crippen LogP contribution in [0.1, 0.15) is 54.2 Å². The molecule has 144 valence electrons. The Kier molecular flexibility index (Phi) is 6.21. The quantitative estimate of drug-likeness (QED) is 0.848. The van der Waals surface area contributed by atoms with Gasteiger partial charge < -0.3 is 10.2 Å². The number of nitrogens with one attached hydrogen (secondary N) is 1. The fourth-order valence-electron chi connectivity index (χ4n) is 3.58. The Hall–Kier alpha value is -2.70. The van der Waals surface area contributed by atoms with Crippen LogP contribution in [0.5, 0.6) is 0 Å².